The molecule has 1 fully saturated rings. The van der Waals surface area contributed by atoms with Gasteiger partial charge in [0.2, 0.25) is 11.8 Å². The summed E-state index contributed by atoms with van der Waals surface area (Å²) >= 11 is 0. The van der Waals surface area contributed by atoms with Gasteiger partial charge >= 0.3 is 0 Å². The molecule has 1 atom stereocenters. The number of likely N-dealkylation sites (tertiary alicyclic amines) is 1. The molecule has 1 aromatic rings. The highest BCUT2D eigenvalue weighted by molar-refractivity contribution is 5.79. The van der Waals surface area contributed by atoms with Gasteiger partial charge in [-0.25, -0.2) is 0 Å². The molecule has 5 nitrogen and oxygen atoms in total. The van der Waals surface area contributed by atoms with Gasteiger partial charge in [0.1, 0.15) is 0 Å². The van der Waals surface area contributed by atoms with E-state index in [1.165, 1.54) is 0 Å². The Morgan fingerprint density at radius 1 is 1.29 bits per heavy atom. The number of benzene rings is 1. The molecule has 132 valence electrons. The largest absolute Gasteiger partial charge is 0.369 e. The fraction of sp³-hybridized carbons (Fsp3) is 0.579. The zero-order chi connectivity index (χ0) is 17.4. The highest BCUT2D eigenvalue weighted by atomic mass is 16.2. The second-order valence-electron chi connectivity index (χ2n) is 6.64. The minimum absolute atomic E-state index is 0.0290. The molecule has 2 amide bonds. The van der Waals surface area contributed by atoms with Gasteiger partial charge < -0.3 is 10.6 Å². The lowest BCUT2D eigenvalue weighted by molar-refractivity contribution is -0.138. The van der Waals surface area contributed by atoms with Crippen LogP contribution in [0.4, 0.5) is 0 Å². The van der Waals surface area contributed by atoms with Crippen LogP contribution in [0.2, 0.25) is 0 Å². The number of carbonyl (C=O) groups excluding carboxylic acids is 2. The van der Waals surface area contributed by atoms with E-state index in [-0.39, 0.29) is 24.3 Å². The number of nitrogens with two attached hydrogens (primary N) is 1. The zero-order valence-corrected chi connectivity index (χ0v) is 14.6. The quantitative estimate of drug-likeness (QED) is 0.792. The lowest BCUT2D eigenvalue weighted by atomic mass is 9.96. The normalized spacial score (nSPS) is 18.3. The van der Waals surface area contributed by atoms with Gasteiger partial charge in [-0.1, -0.05) is 43.7 Å². The van der Waals surface area contributed by atoms with Gasteiger partial charge in [-0.2, -0.15) is 0 Å². The standard InChI is InChI=1S/C19H29N3O2/c1-2-3-12-22(13-16-8-5-4-6-9-16)19(24)17-10-7-11-21(14-17)15-18(20)23/h4-6,8-9,17H,2-3,7,10-15H2,1H3,(H2,20,23)/t17-/m0/s1. The molecule has 24 heavy (non-hydrogen) atoms. The third-order valence-electron chi connectivity index (χ3n) is 4.54. The first-order chi connectivity index (χ1) is 11.6. The summed E-state index contributed by atoms with van der Waals surface area (Å²) in [6.07, 6.45) is 3.91. The van der Waals surface area contributed by atoms with Crippen molar-refractivity contribution < 1.29 is 9.59 Å². The summed E-state index contributed by atoms with van der Waals surface area (Å²) in [5, 5.41) is 0. The number of hydrogen-bond donors (Lipinski definition) is 1. The molecule has 0 saturated carbocycles. The van der Waals surface area contributed by atoms with E-state index in [2.05, 4.69) is 19.1 Å². The topological polar surface area (TPSA) is 66.6 Å². The number of amides is 2. The van der Waals surface area contributed by atoms with Gasteiger partial charge in [0.25, 0.3) is 0 Å². The number of primary amides is 1. The Morgan fingerprint density at radius 3 is 2.71 bits per heavy atom. The fourth-order valence-corrected chi connectivity index (χ4v) is 3.30. The van der Waals surface area contributed by atoms with E-state index in [1.807, 2.05) is 28.0 Å². The summed E-state index contributed by atoms with van der Waals surface area (Å²) in [5.74, 6) is -0.143. The van der Waals surface area contributed by atoms with Crippen molar-refractivity contribution in [3.63, 3.8) is 0 Å². The van der Waals surface area contributed by atoms with Crippen molar-refractivity contribution in [3.8, 4) is 0 Å². The summed E-state index contributed by atoms with van der Waals surface area (Å²) in [6, 6.07) is 10.1. The summed E-state index contributed by atoms with van der Waals surface area (Å²) in [5.41, 5.74) is 6.46. The van der Waals surface area contributed by atoms with Crippen molar-refractivity contribution in [2.75, 3.05) is 26.2 Å². The molecule has 0 unspecified atom stereocenters. The summed E-state index contributed by atoms with van der Waals surface area (Å²) < 4.78 is 0. The molecule has 1 saturated heterocycles. The van der Waals surface area contributed by atoms with E-state index in [1.54, 1.807) is 0 Å². The first-order valence-corrected chi connectivity index (χ1v) is 8.93. The molecule has 5 heteroatoms. The minimum Gasteiger partial charge on any atom is -0.369 e. The molecule has 2 rings (SSSR count). The maximum absolute atomic E-state index is 13.0. The average molecular weight is 331 g/mol. The monoisotopic (exact) mass is 331 g/mol. The smallest absolute Gasteiger partial charge is 0.231 e. The second-order valence-corrected chi connectivity index (χ2v) is 6.64. The Labute approximate surface area is 144 Å². The van der Waals surface area contributed by atoms with Gasteiger partial charge in [0, 0.05) is 19.6 Å². The van der Waals surface area contributed by atoms with Gasteiger partial charge in [-0.3, -0.25) is 14.5 Å². The lowest BCUT2D eigenvalue weighted by Crippen LogP contribution is -2.47. The van der Waals surface area contributed by atoms with Crippen LogP contribution >= 0.6 is 0 Å². The SMILES string of the molecule is CCCCN(Cc1ccccc1)C(=O)[C@H]1CCCN(CC(N)=O)C1. The number of hydrogen-bond acceptors (Lipinski definition) is 3. The van der Waals surface area contributed by atoms with Crippen LogP contribution in [0.5, 0.6) is 0 Å². The predicted octanol–water partition coefficient (Wildman–Crippen LogP) is 2.01. The van der Waals surface area contributed by atoms with Crippen LogP contribution in [-0.2, 0) is 16.1 Å². The average Bonchev–Trinajstić information content (AvgIpc) is 2.58. The molecule has 1 aliphatic heterocycles. The molecular formula is C19H29N3O2. The van der Waals surface area contributed by atoms with Crippen molar-refractivity contribution in [2.24, 2.45) is 11.7 Å². The molecule has 1 heterocycles. The highest BCUT2D eigenvalue weighted by Gasteiger charge is 2.29. The van der Waals surface area contributed by atoms with Crippen LogP contribution in [0, 0.1) is 5.92 Å². The number of carbonyl (C=O) groups is 2. The predicted molar refractivity (Wildman–Crippen MR) is 95.1 cm³/mol. The molecule has 2 N–H and O–H groups in total. The molecule has 0 aliphatic carbocycles. The van der Waals surface area contributed by atoms with Crippen LogP contribution in [0.25, 0.3) is 0 Å². The van der Waals surface area contributed by atoms with E-state index < -0.39 is 0 Å². The van der Waals surface area contributed by atoms with E-state index in [9.17, 15) is 9.59 Å². The van der Waals surface area contributed by atoms with Gasteiger partial charge in [0.05, 0.1) is 12.5 Å². The first kappa shape index (κ1) is 18.5. The third kappa shape index (κ3) is 5.64. The molecule has 0 aromatic heterocycles. The Kier molecular flexibility index (Phi) is 7.25. The van der Waals surface area contributed by atoms with Crippen LogP contribution < -0.4 is 5.73 Å². The number of piperidine rings is 1. The van der Waals surface area contributed by atoms with Crippen molar-refractivity contribution in [1.82, 2.24) is 9.80 Å². The van der Waals surface area contributed by atoms with E-state index >= 15 is 0 Å². The maximum atomic E-state index is 13.0. The number of rotatable bonds is 8. The van der Waals surface area contributed by atoms with Gasteiger partial charge in [-0.05, 0) is 31.4 Å². The number of nitrogens with zero attached hydrogens (tertiary/aromatic N) is 2. The van der Waals surface area contributed by atoms with Crippen LogP contribution in [0.15, 0.2) is 30.3 Å². The van der Waals surface area contributed by atoms with Crippen molar-refractivity contribution in [2.45, 2.75) is 39.2 Å². The summed E-state index contributed by atoms with van der Waals surface area (Å²) in [4.78, 5) is 28.2. The van der Waals surface area contributed by atoms with E-state index in [0.29, 0.717) is 13.1 Å². The molecule has 1 aromatic carbocycles. The highest BCUT2D eigenvalue weighted by Crippen LogP contribution is 2.20. The summed E-state index contributed by atoms with van der Waals surface area (Å²) in [6.45, 7) is 5.32. The Hall–Kier alpha value is -1.88. The Bertz CT molecular complexity index is 533. The molecule has 1 aliphatic rings. The van der Waals surface area contributed by atoms with Crippen molar-refractivity contribution in [3.05, 3.63) is 35.9 Å². The molecule has 0 radical (unpaired) electrons. The third-order valence-corrected chi connectivity index (χ3v) is 4.54. The van der Waals surface area contributed by atoms with Crippen LogP contribution in [0.3, 0.4) is 0 Å². The minimum atomic E-state index is -0.324. The Morgan fingerprint density at radius 2 is 2.04 bits per heavy atom. The van der Waals surface area contributed by atoms with Crippen LogP contribution in [0.1, 0.15) is 38.2 Å². The van der Waals surface area contributed by atoms with Gasteiger partial charge in [0.15, 0.2) is 0 Å². The maximum Gasteiger partial charge on any atom is 0.231 e. The molecule has 0 bridgehead atoms. The Balaban J connectivity index is 2.01. The van der Waals surface area contributed by atoms with E-state index in [0.717, 1.165) is 44.3 Å². The molecule has 0 spiro atoms. The van der Waals surface area contributed by atoms with Crippen molar-refractivity contribution >= 4 is 11.8 Å². The van der Waals surface area contributed by atoms with Crippen molar-refractivity contribution in [1.29, 1.82) is 0 Å². The summed E-state index contributed by atoms with van der Waals surface area (Å²) in [7, 11) is 0. The lowest BCUT2D eigenvalue weighted by Gasteiger charge is -2.34. The van der Waals surface area contributed by atoms with Crippen LogP contribution in [-0.4, -0.2) is 47.8 Å². The number of unbranched alkanes of at least 4 members (excludes halogenated alkanes) is 1. The molecular weight excluding hydrogens is 302 g/mol. The zero-order valence-electron chi connectivity index (χ0n) is 14.6. The van der Waals surface area contributed by atoms with Gasteiger partial charge in [-0.15, -0.1) is 0 Å². The fourth-order valence-electron chi connectivity index (χ4n) is 3.30. The van der Waals surface area contributed by atoms with E-state index in [4.69, 9.17) is 5.73 Å². The first-order valence-electron chi connectivity index (χ1n) is 8.93. The second kappa shape index (κ2) is 9.42.